The van der Waals surface area contributed by atoms with Gasteiger partial charge in [0.25, 0.3) is 0 Å². The van der Waals surface area contributed by atoms with Gasteiger partial charge in [0.2, 0.25) is 0 Å². The zero-order valence-electron chi connectivity index (χ0n) is 7.23. The highest BCUT2D eigenvalue weighted by atomic mass is 16.3. The Kier molecular flexibility index (Phi) is 3.09. The van der Waals surface area contributed by atoms with Crippen LogP contribution >= 0.6 is 0 Å². The van der Waals surface area contributed by atoms with Crippen molar-refractivity contribution in [3.8, 4) is 0 Å². The number of carbonyl (C=O) groups excluding carboxylic acids is 1. The van der Waals surface area contributed by atoms with Gasteiger partial charge in [-0.1, -0.05) is 18.2 Å². The lowest BCUT2D eigenvalue weighted by Crippen LogP contribution is -1.81. The summed E-state index contributed by atoms with van der Waals surface area (Å²) in [7, 11) is 0. The molecule has 0 fully saturated rings. The van der Waals surface area contributed by atoms with E-state index in [0.29, 0.717) is 11.8 Å². The summed E-state index contributed by atoms with van der Waals surface area (Å²) in [6.07, 6.45) is 4.31. The van der Waals surface area contributed by atoms with Crippen molar-refractivity contribution in [1.29, 1.82) is 0 Å². The second-order valence-corrected chi connectivity index (χ2v) is 2.53. The standard InChI is InChI=1S/C10H9NO2/c1-2-3-8-4-5-9(7-12)10(6-8)11-13/h2-7H,1H3. The Labute approximate surface area is 76.1 Å². The molecular weight excluding hydrogens is 166 g/mol. The number of hydrogen-bond acceptors (Lipinski definition) is 3. The predicted octanol–water partition coefficient (Wildman–Crippen LogP) is 2.93. The fourth-order valence-corrected chi connectivity index (χ4v) is 1.04. The zero-order valence-corrected chi connectivity index (χ0v) is 7.23. The van der Waals surface area contributed by atoms with Gasteiger partial charge >= 0.3 is 0 Å². The van der Waals surface area contributed by atoms with E-state index < -0.39 is 0 Å². The maximum atomic E-state index is 10.4. The SMILES string of the molecule is CC=Cc1ccc(C=O)c(N=O)c1. The average molecular weight is 175 g/mol. The quantitative estimate of drug-likeness (QED) is 0.523. The van der Waals surface area contributed by atoms with Crippen molar-refractivity contribution in [3.63, 3.8) is 0 Å². The molecular formula is C10H9NO2. The first-order valence-corrected chi connectivity index (χ1v) is 3.87. The molecule has 0 amide bonds. The number of nitrogens with zero attached hydrogens (tertiary/aromatic N) is 1. The van der Waals surface area contributed by atoms with E-state index in [1.165, 1.54) is 0 Å². The number of allylic oxidation sites excluding steroid dienone is 1. The van der Waals surface area contributed by atoms with E-state index in [1.807, 2.05) is 19.1 Å². The number of benzene rings is 1. The van der Waals surface area contributed by atoms with Gasteiger partial charge in [0.15, 0.2) is 6.29 Å². The number of carbonyl (C=O) groups is 1. The van der Waals surface area contributed by atoms with Crippen LogP contribution in [0, 0.1) is 4.91 Å². The van der Waals surface area contributed by atoms with Crippen molar-refractivity contribution in [2.45, 2.75) is 6.92 Å². The molecule has 1 rings (SSSR count). The molecule has 3 heteroatoms. The Morgan fingerprint density at radius 1 is 1.38 bits per heavy atom. The fourth-order valence-electron chi connectivity index (χ4n) is 1.04. The van der Waals surface area contributed by atoms with Crippen molar-refractivity contribution in [2.24, 2.45) is 5.18 Å². The number of rotatable bonds is 3. The fraction of sp³-hybridized carbons (Fsp3) is 0.100. The highest BCUT2D eigenvalue weighted by Crippen LogP contribution is 2.19. The van der Waals surface area contributed by atoms with Crippen LogP contribution in [0.4, 0.5) is 5.69 Å². The summed E-state index contributed by atoms with van der Waals surface area (Å²) in [4.78, 5) is 20.7. The summed E-state index contributed by atoms with van der Waals surface area (Å²) in [5.41, 5.74) is 1.37. The summed E-state index contributed by atoms with van der Waals surface area (Å²) in [5, 5.41) is 2.77. The maximum absolute atomic E-state index is 10.4. The first-order valence-electron chi connectivity index (χ1n) is 3.87. The maximum Gasteiger partial charge on any atom is 0.152 e. The molecule has 0 aliphatic carbocycles. The Morgan fingerprint density at radius 3 is 2.69 bits per heavy atom. The minimum absolute atomic E-state index is 0.186. The van der Waals surface area contributed by atoms with E-state index >= 15 is 0 Å². The molecule has 0 aliphatic heterocycles. The lowest BCUT2D eigenvalue weighted by atomic mass is 10.1. The Bertz CT molecular complexity index is 356. The van der Waals surface area contributed by atoms with Crippen molar-refractivity contribution < 1.29 is 4.79 Å². The molecule has 3 nitrogen and oxygen atoms in total. The molecule has 0 spiro atoms. The van der Waals surface area contributed by atoms with Crippen LogP contribution in [0.2, 0.25) is 0 Å². The van der Waals surface area contributed by atoms with Gasteiger partial charge in [0.05, 0.1) is 0 Å². The van der Waals surface area contributed by atoms with Crippen LogP contribution in [0.3, 0.4) is 0 Å². The van der Waals surface area contributed by atoms with E-state index in [9.17, 15) is 9.70 Å². The van der Waals surface area contributed by atoms with E-state index in [4.69, 9.17) is 0 Å². The van der Waals surface area contributed by atoms with E-state index in [0.717, 1.165) is 5.56 Å². The lowest BCUT2D eigenvalue weighted by Gasteiger charge is -1.96. The third-order valence-electron chi connectivity index (χ3n) is 1.64. The molecule has 0 unspecified atom stereocenters. The van der Waals surface area contributed by atoms with Gasteiger partial charge < -0.3 is 0 Å². The van der Waals surface area contributed by atoms with Gasteiger partial charge in [-0.2, -0.15) is 0 Å². The molecule has 0 radical (unpaired) electrons. The van der Waals surface area contributed by atoms with E-state index in [-0.39, 0.29) is 5.69 Å². The second-order valence-electron chi connectivity index (χ2n) is 2.53. The van der Waals surface area contributed by atoms with E-state index in [2.05, 4.69) is 5.18 Å². The molecule has 0 saturated heterocycles. The summed E-state index contributed by atoms with van der Waals surface area (Å²) < 4.78 is 0. The second kappa shape index (κ2) is 4.30. The highest BCUT2D eigenvalue weighted by molar-refractivity contribution is 5.83. The normalized spacial score (nSPS) is 10.2. The monoisotopic (exact) mass is 175 g/mol. The van der Waals surface area contributed by atoms with Gasteiger partial charge in [0.1, 0.15) is 5.69 Å². The summed E-state index contributed by atoms with van der Waals surface area (Å²) in [6, 6.07) is 4.92. The average Bonchev–Trinajstić information content (AvgIpc) is 2.18. The van der Waals surface area contributed by atoms with Crippen LogP contribution in [0.15, 0.2) is 29.5 Å². The van der Waals surface area contributed by atoms with Crippen LogP contribution < -0.4 is 0 Å². The minimum atomic E-state index is 0.186. The van der Waals surface area contributed by atoms with Crippen LogP contribution in [-0.4, -0.2) is 6.29 Å². The topological polar surface area (TPSA) is 46.5 Å². The van der Waals surface area contributed by atoms with Crippen LogP contribution in [0.5, 0.6) is 0 Å². The van der Waals surface area contributed by atoms with Gasteiger partial charge in [-0.25, -0.2) is 0 Å². The predicted molar refractivity (Wildman–Crippen MR) is 52.0 cm³/mol. The lowest BCUT2D eigenvalue weighted by molar-refractivity contribution is 0.112. The molecule has 1 aromatic rings. The highest BCUT2D eigenvalue weighted by Gasteiger charge is 2.01. The molecule has 0 aromatic heterocycles. The van der Waals surface area contributed by atoms with E-state index in [1.54, 1.807) is 18.2 Å². The number of hydrogen-bond donors (Lipinski definition) is 0. The van der Waals surface area contributed by atoms with Crippen molar-refractivity contribution in [2.75, 3.05) is 0 Å². The summed E-state index contributed by atoms with van der Waals surface area (Å²) >= 11 is 0. The molecule has 0 aliphatic rings. The van der Waals surface area contributed by atoms with Crippen LogP contribution in [0.1, 0.15) is 22.8 Å². The van der Waals surface area contributed by atoms with Crippen molar-refractivity contribution in [3.05, 3.63) is 40.3 Å². The Hall–Kier alpha value is -1.77. The van der Waals surface area contributed by atoms with Crippen molar-refractivity contribution >= 4 is 18.0 Å². The number of aldehydes is 1. The van der Waals surface area contributed by atoms with Crippen LogP contribution in [0.25, 0.3) is 6.08 Å². The molecule has 0 atom stereocenters. The molecule has 66 valence electrons. The molecule has 0 saturated carbocycles. The Balaban J connectivity index is 3.19. The van der Waals surface area contributed by atoms with Gasteiger partial charge in [0, 0.05) is 5.56 Å². The molecule has 0 N–H and O–H groups in total. The third-order valence-corrected chi connectivity index (χ3v) is 1.64. The third kappa shape index (κ3) is 2.08. The Morgan fingerprint density at radius 2 is 2.15 bits per heavy atom. The smallest absolute Gasteiger partial charge is 0.152 e. The van der Waals surface area contributed by atoms with Gasteiger partial charge in [-0.05, 0) is 29.8 Å². The molecule has 1 aromatic carbocycles. The van der Waals surface area contributed by atoms with Gasteiger partial charge in [-0.3, -0.25) is 4.79 Å². The van der Waals surface area contributed by atoms with Gasteiger partial charge in [-0.15, -0.1) is 4.91 Å². The van der Waals surface area contributed by atoms with Crippen LogP contribution in [-0.2, 0) is 0 Å². The summed E-state index contributed by atoms with van der Waals surface area (Å²) in [5.74, 6) is 0. The summed E-state index contributed by atoms with van der Waals surface area (Å²) in [6.45, 7) is 1.88. The number of nitroso groups, excluding NO2 is 1. The van der Waals surface area contributed by atoms with Crippen molar-refractivity contribution in [1.82, 2.24) is 0 Å². The molecule has 13 heavy (non-hydrogen) atoms. The first-order chi connectivity index (χ1) is 6.31. The minimum Gasteiger partial charge on any atom is -0.298 e. The largest absolute Gasteiger partial charge is 0.298 e. The molecule has 0 bridgehead atoms. The zero-order chi connectivity index (χ0) is 9.68. The molecule has 0 heterocycles. The first kappa shape index (κ1) is 9.32.